The number of nitrogens with one attached hydrogen (secondary N) is 2. The van der Waals surface area contributed by atoms with Crippen molar-refractivity contribution in [1.82, 2.24) is 19.6 Å². The minimum absolute atomic E-state index is 0.0607. The normalized spacial score (nSPS) is 15.0. The van der Waals surface area contributed by atoms with Crippen molar-refractivity contribution >= 4 is 17.4 Å². The van der Waals surface area contributed by atoms with Gasteiger partial charge in [-0.05, 0) is 84.9 Å². The second kappa shape index (κ2) is 28.6. The van der Waals surface area contributed by atoms with Crippen LogP contribution in [-0.4, -0.2) is 136 Å². The molecule has 2 saturated heterocycles. The predicted octanol–water partition coefficient (Wildman–Crippen LogP) is 6.74. The van der Waals surface area contributed by atoms with Gasteiger partial charge in [0.2, 0.25) is 0 Å². The highest BCUT2D eigenvalue weighted by atomic mass is 16.5. The molecule has 0 aliphatic carbocycles. The highest BCUT2D eigenvalue weighted by Crippen LogP contribution is 2.18. The fourth-order valence-electron chi connectivity index (χ4n) is 6.76. The summed E-state index contributed by atoms with van der Waals surface area (Å²) in [6, 6.07) is 30.9. The van der Waals surface area contributed by atoms with Gasteiger partial charge in [-0.25, -0.2) is 4.85 Å². The van der Waals surface area contributed by atoms with E-state index in [4.69, 9.17) is 53.1 Å². The summed E-state index contributed by atoms with van der Waals surface area (Å²) in [7, 11) is 0. The van der Waals surface area contributed by atoms with Crippen molar-refractivity contribution in [3.05, 3.63) is 174 Å². The number of hydrogen-bond donors (Lipinski definition) is 4. The van der Waals surface area contributed by atoms with Crippen molar-refractivity contribution in [3.63, 3.8) is 0 Å². The average molecular weight is 891 g/mol. The molecule has 2 heterocycles. The van der Waals surface area contributed by atoms with E-state index in [2.05, 4.69) is 54.8 Å². The number of ether oxygens (including phenoxy) is 4. The number of benzene rings is 4. The van der Waals surface area contributed by atoms with Crippen LogP contribution in [0.15, 0.2) is 146 Å². The molecule has 6 rings (SSSR count). The Kier molecular flexibility index (Phi) is 21.6. The van der Waals surface area contributed by atoms with Crippen LogP contribution in [-0.2, 0) is 0 Å². The van der Waals surface area contributed by atoms with Gasteiger partial charge in [0.1, 0.15) is 61.1 Å². The van der Waals surface area contributed by atoms with Crippen LogP contribution in [0.4, 0.5) is 5.69 Å². The Bertz CT molecular complexity index is 2100. The van der Waals surface area contributed by atoms with Crippen molar-refractivity contribution in [3.8, 4) is 29.1 Å². The smallest absolute Gasteiger partial charge is 0.187 e. The molecule has 2 fully saturated rings. The minimum atomic E-state index is 0.0607. The van der Waals surface area contributed by atoms with E-state index < -0.39 is 0 Å². The van der Waals surface area contributed by atoms with Gasteiger partial charge >= 0.3 is 0 Å². The molecule has 14 heteroatoms. The van der Waals surface area contributed by atoms with E-state index in [1.807, 2.05) is 72.8 Å². The fraction of sp³-hybridized carbons (Fsp3) is 0.308. The molecule has 4 aromatic rings. The summed E-state index contributed by atoms with van der Waals surface area (Å²) in [5, 5.41) is 23.6. The second-order valence-electron chi connectivity index (χ2n) is 15.5. The number of amidine groups is 2. The van der Waals surface area contributed by atoms with Gasteiger partial charge in [0.25, 0.3) is 0 Å². The first kappa shape index (κ1) is 49.8. The van der Waals surface area contributed by atoms with E-state index in [1.165, 1.54) is 0 Å². The van der Waals surface area contributed by atoms with Gasteiger partial charge in [-0.15, -0.1) is 0 Å². The van der Waals surface area contributed by atoms with E-state index in [-0.39, 0.29) is 11.7 Å². The Balaban J connectivity index is 0.000000248. The summed E-state index contributed by atoms with van der Waals surface area (Å²) in [5.41, 5.74) is 13.6. The lowest BCUT2D eigenvalue weighted by atomic mass is 10.2. The Morgan fingerprint density at radius 3 is 1.02 bits per heavy atom. The fourth-order valence-corrected chi connectivity index (χ4v) is 6.76. The lowest BCUT2D eigenvalue weighted by Crippen LogP contribution is -2.46. The Labute approximate surface area is 390 Å². The molecule has 2 aliphatic heterocycles. The van der Waals surface area contributed by atoms with Gasteiger partial charge in [0.15, 0.2) is 5.69 Å². The van der Waals surface area contributed by atoms with Crippen LogP contribution in [0, 0.1) is 28.7 Å². The van der Waals surface area contributed by atoms with Gasteiger partial charge in [-0.3, -0.25) is 30.4 Å². The number of rotatable bonds is 22. The maximum absolute atomic E-state index is 8.81. The van der Waals surface area contributed by atoms with Crippen LogP contribution >= 0.6 is 0 Å². The summed E-state index contributed by atoms with van der Waals surface area (Å²) in [4.78, 5) is 13.1. The molecule has 0 radical (unpaired) electrons. The molecular formula is C52H62N10O4. The number of piperazine rings is 2. The standard InChI is InChI=1S/C26H34N6O2.C26H28N4O2/c27-25(28)21-5-9-23(10-6-21)33-19-3-1-13-31-15-17-32(18-16-31)14-2-4-20-34-24-11-7-22(8-12-24)26(29)30;1-28-24-8-12-26(13-9-24)32-21-5-3-15-30-18-16-29(17-19-30)14-2-4-20-31-25-10-6-23(22-27)7-11-25/h1-12H,13-20H2,(H3,27,28)(H3,29,30);2-13H,14-21H2/b3-1+,4-2+;4-2+,5-3+. The zero-order chi connectivity index (χ0) is 46.6. The van der Waals surface area contributed by atoms with Crippen LogP contribution < -0.4 is 30.4 Å². The predicted molar refractivity (Wildman–Crippen MR) is 263 cm³/mol. The van der Waals surface area contributed by atoms with Crippen molar-refractivity contribution in [2.45, 2.75) is 0 Å². The van der Waals surface area contributed by atoms with E-state index in [0.717, 1.165) is 102 Å². The third-order valence-electron chi connectivity index (χ3n) is 10.7. The van der Waals surface area contributed by atoms with Crippen LogP contribution in [0.1, 0.15) is 16.7 Å². The molecule has 66 heavy (non-hydrogen) atoms. The van der Waals surface area contributed by atoms with Gasteiger partial charge in [0.05, 0.1) is 18.2 Å². The van der Waals surface area contributed by atoms with Crippen molar-refractivity contribution < 1.29 is 18.9 Å². The SMILES string of the molecule is N=C(N)c1ccc(OC/C=C/CN2CCN(C/C=C/COc3ccc(C(=N)N)cc3)CC2)cc1.[C-]#[N+]c1ccc(OC/C=C/CN2CCN(C/C=C/COc3ccc(C#N)cc3)CC2)cc1. The van der Waals surface area contributed by atoms with Crippen molar-refractivity contribution in [2.24, 2.45) is 11.5 Å². The summed E-state index contributed by atoms with van der Waals surface area (Å²) < 4.78 is 22.7. The lowest BCUT2D eigenvalue weighted by molar-refractivity contribution is 0.153. The molecule has 0 spiro atoms. The molecule has 6 N–H and O–H groups in total. The third kappa shape index (κ3) is 18.9. The zero-order valence-electron chi connectivity index (χ0n) is 37.6. The third-order valence-corrected chi connectivity index (χ3v) is 10.7. The van der Waals surface area contributed by atoms with E-state index >= 15 is 0 Å². The van der Waals surface area contributed by atoms with E-state index in [9.17, 15) is 0 Å². The maximum atomic E-state index is 8.81. The summed E-state index contributed by atoms with van der Waals surface area (Å²) in [6.07, 6.45) is 16.8. The summed E-state index contributed by atoms with van der Waals surface area (Å²) >= 11 is 0. The molecule has 344 valence electrons. The zero-order valence-corrected chi connectivity index (χ0v) is 37.6. The van der Waals surface area contributed by atoms with Gasteiger partial charge in [-0.1, -0.05) is 60.7 Å². The first-order chi connectivity index (χ1) is 32.3. The lowest BCUT2D eigenvalue weighted by Gasteiger charge is -2.33. The van der Waals surface area contributed by atoms with E-state index in [1.54, 1.807) is 48.5 Å². The number of nitriles is 1. The molecule has 4 aromatic carbocycles. The molecule has 0 saturated carbocycles. The van der Waals surface area contributed by atoms with E-state index in [0.29, 0.717) is 48.8 Å². The second-order valence-corrected chi connectivity index (χ2v) is 15.5. The highest BCUT2D eigenvalue weighted by Gasteiger charge is 2.15. The van der Waals surface area contributed by atoms with Crippen LogP contribution in [0.3, 0.4) is 0 Å². The number of nitrogens with two attached hydrogens (primary N) is 2. The Hall–Kier alpha value is -7.20. The molecule has 0 aromatic heterocycles. The summed E-state index contributed by atoms with van der Waals surface area (Å²) in [6.45, 7) is 21.2. The Morgan fingerprint density at radius 1 is 0.485 bits per heavy atom. The Morgan fingerprint density at radius 2 is 0.758 bits per heavy atom. The molecule has 0 atom stereocenters. The van der Waals surface area contributed by atoms with Gasteiger partial charge in [0, 0.05) is 89.7 Å². The minimum Gasteiger partial charge on any atom is -0.490 e. The number of nitrogens with zero attached hydrogens (tertiary/aromatic N) is 6. The average Bonchev–Trinajstić information content (AvgIpc) is 3.35. The van der Waals surface area contributed by atoms with Crippen molar-refractivity contribution in [1.29, 1.82) is 16.1 Å². The molecular weight excluding hydrogens is 829 g/mol. The molecule has 0 amide bonds. The molecule has 0 bridgehead atoms. The molecule has 2 aliphatic rings. The monoisotopic (exact) mass is 890 g/mol. The van der Waals surface area contributed by atoms with Crippen LogP contribution in [0.2, 0.25) is 0 Å². The van der Waals surface area contributed by atoms with Crippen molar-refractivity contribution in [2.75, 3.05) is 105 Å². The molecule has 14 nitrogen and oxygen atoms in total. The maximum Gasteiger partial charge on any atom is 0.187 e. The molecule has 0 unspecified atom stereocenters. The quantitative estimate of drug-likeness (QED) is 0.0285. The first-order valence-electron chi connectivity index (χ1n) is 22.1. The largest absolute Gasteiger partial charge is 0.490 e. The topological polar surface area (TPSA) is 178 Å². The summed E-state index contributed by atoms with van der Waals surface area (Å²) in [5.74, 6) is 3.22. The first-order valence-corrected chi connectivity index (χ1v) is 22.1. The number of nitrogen functional groups attached to an aromatic ring is 2. The van der Waals surface area contributed by atoms with Crippen LogP contribution in [0.25, 0.3) is 4.85 Å². The number of hydrogen-bond acceptors (Lipinski definition) is 11. The van der Waals surface area contributed by atoms with Gasteiger partial charge in [-0.2, -0.15) is 5.26 Å². The van der Waals surface area contributed by atoms with Crippen LogP contribution in [0.5, 0.6) is 23.0 Å². The highest BCUT2D eigenvalue weighted by molar-refractivity contribution is 5.95. The van der Waals surface area contributed by atoms with Gasteiger partial charge < -0.3 is 30.4 Å².